The van der Waals surface area contributed by atoms with Crippen LogP contribution in [0.25, 0.3) is 0 Å². The van der Waals surface area contributed by atoms with Crippen LogP contribution in [-0.4, -0.2) is 27.1 Å². The molecule has 0 bridgehead atoms. The number of benzene rings is 1. The monoisotopic (exact) mass is 333 g/mol. The average Bonchev–Trinajstić information content (AvgIpc) is 2.90. The number of hydrogen-bond donors (Lipinski definition) is 2. The number of carbonyl (C=O) groups is 1. The molecule has 0 saturated heterocycles. The molecule has 0 radical (unpaired) electrons. The molecule has 0 aliphatic carbocycles. The topological polar surface area (TPSA) is 63.1 Å². The molecule has 0 aliphatic heterocycles. The Morgan fingerprint density at radius 1 is 1.30 bits per heavy atom. The smallest absolute Gasteiger partial charge is 0.319 e. The van der Waals surface area contributed by atoms with Crippen molar-refractivity contribution < 1.29 is 9.00 Å². The van der Waals surface area contributed by atoms with E-state index in [0.717, 1.165) is 12.8 Å². The van der Waals surface area contributed by atoms with E-state index in [2.05, 4.69) is 21.3 Å². The second-order valence-corrected chi connectivity index (χ2v) is 7.01. The molecular formula is C17H23N3O2S. The number of nitrogens with zero attached hydrogens (tertiary/aromatic N) is 1. The zero-order valence-electron chi connectivity index (χ0n) is 13.7. The van der Waals surface area contributed by atoms with Crippen LogP contribution in [0.5, 0.6) is 0 Å². The highest BCUT2D eigenvalue weighted by atomic mass is 32.2. The van der Waals surface area contributed by atoms with Crippen LogP contribution in [-0.2, 0) is 24.3 Å². The summed E-state index contributed by atoms with van der Waals surface area (Å²) < 4.78 is 13.6. The Bertz CT molecular complexity index is 697. The highest BCUT2D eigenvalue weighted by Gasteiger charge is 2.09. The van der Waals surface area contributed by atoms with E-state index in [4.69, 9.17) is 0 Å². The van der Waals surface area contributed by atoms with Crippen molar-refractivity contribution in [1.29, 1.82) is 0 Å². The fourth-order valence-electron chi connectivity index (χ4n) is 2.34. The van der Waals surface area contributed by atoms with E-state index >= 15 is 0 Å². The van der Waals surface area contributed by atoms with Gasteiger partial charge in [0, 0.05) is 52.6 Å². The number of nitrogens with one attached hydrogen (secondary N) is 2. The van der Waals surface area contributed by atoms with Crippen molar-refractivity contribution in [2.45, 2.75) is 30.7 Å². The molecule has 23 heavy (non-hydrogen) atoms. The van der Waals surface area contributed by atoms with Crippen molar-refractivity contribution in [1.82, 2.24) is 9.88 Å². The van der Waals surface area contributed by atoms with Crippen LogP contribution in [0.3, 0.4) is 0 Å². The molecular weight excluding hydrogens is 310 g/mol. The maximum Gasteiger partial charge on any atom is 0.319 e. The van der Waals surface area contributed by atoms with Gasteiger partial charge in [-0.05, 0) is 50.1 Å². The first-order valence-electron chi connectivity index (χ1n) is 7.57. The third kappa shape index (κ3) is 5.25. The standard InChI is InChI=1S/C17H23N3O2S/c1-13(9-10-15-7-5-11-20(15)2)18-17(21)19-14-6-4-8-16(12-14)23(3)22/h4-8,11-13H,9-10H2,1-3H3,(H2,18,19,21)/t13-,23+/m0/s1. The predicted octanol–water partition coefficient (Wildman–Crippen LogP) is 2.91. The highest BCUT2D eigenvalue weighted by molar-refractivity contribution is 7.84. The lowest BCUT2D eigenvalue weighted by molar-refractivity contribution is 0.248. The van der Waals surface area contributed by atoms with Crippen LogP contribution in [0.1, 0.15) is 19.0 Å². The van der Waals surface area contributed by atoms with Crippen molar-refractivity contribution in [3.63, 3.8) is 0 Å². The first kappa shape index (κ1) is 17.3. The summed E-state index contributed by atoms with van der Waals surface area (Å²) >= 11 is 0. The fourth-order valence-corrected chi connectivity index (χ4v) is 2.90. The van der Waals surface area contributed by atoms with Gasteiger partial charge in [0.25, 0.3) is 0 Å². The lowest BCUT2D eigenvalue weighted by Crippen LogP contribution is -2.36. The van der Waals surface area contributed by atoms with E-state index in [1.165, 1.54) is 5.69 Å². The van der Waals surface area contributed by atoms with Crippen LogP contribution < -0.4 is 10.6 Å². The maximum absolute atomic E-state index is 12.0. The van der Waals surface area contributed by atoms with E-state index in [9.17, 15) is 9.00 Å². The lowest BCUT2D eigenvalue weighted by atomic mass is 10.1. The quantitative estimate of drug-likeness (QED) is 0.854. The molecule has 0 unspecified atom stereocenters. The zero-order valence-corrected chi connectivity index (χ0v) is 14.5. The first-order valence-corrected chi connectivity index (χ1v) is 9.12. The molecule has 2 aromatic rings. The molecule has 2 N–H and O–H groups in total. The average molecular weight is 333 g/mol. The van der Waals surface area contributed by atoms with E-state index < -0.39 is 10.8 Å². The summed E-state index contributed by atoms with van der Waals surface area (Å²) in [5, 5.41) is 5.71. The van der Waals surface area contributed by atoms with Crippen molar-refractivity contribution >= 4 is 22.5 Å². The van der Waals surface area contributed by atoms with Crippen molar-refractivity contribution in [3.8, 4) is 0 Å². The predicted molar refractivity (Wildman–Crippen MR) is 94.1 cm³/mol. The Hall–Kier alpha value is -2.08. The number of rotatable bonds is 6. The molecule has 1 aromatic heterocycles. The molecule has 0 fully saturated rings. The summed E-state index contributed by atoms with van der Waals surface area (Å²) in [6, 6.07) is 11.0. The molecule has 6 heteroatoms. The van der Waals surface area contributed by atoms with Crippen molar-refractivity contribution in [2.75, 3.05) is 11.6 Å². The normalized spacial score (nSPS) is 13.3. The number of aromatic nitrogens is 1. The summed E-state index contributed by atoms with van der Waals surface area (Å²) in [7, 11) is 0.957. The van der Waals surface area contributed by atoms with Gasteiger partial charge in [0.15, 0.2) is 0 Å². The van der Waals surface area contributed by atoms with E-state index in [1.54, 1.807) is 30.5 Å². The van der Waals surface area contributed by atoms with Gasteiger partial charge >= 0.3 is 6.03 Å². The van der Waals surface area contributed by atoms with Gasteiger partial charge in [-0.2, -0.15) is 0 Å². The highest BCUT2D eigenvalue weighted by Crippen LogP contribution is 2.13. The second-order valence-electron chi connectivity index (χ2n) is 5.63. The van der Waals surface area contributed by atoms with Crippen LogP contribution in [0.4, 0.5) is 10.5 Å². The Morgan fingerprint density at radius 2 is 2.09 bits per heavy atom. The minimum atomic E-state index is -1.06. The summed E-state index contributed by atoms with van der Waals surface area (Å²) in [5.41, 5.74) is 1.89. The SMILES string of the molecule is C[C@@H](CCc1cccn1C)NC(=O)Nc1cccc([S@@](C)=O)c1. The number of aryl methyl sites for hydroxylation is 2. The van der Waals surface area contributed by atoms with Crippen LogP contribution in [0.2, 0.25) is 0 Å². The Kier molecular flexibility index (Phi) is 5.98. The third-order valence-corrected chi connectivity index (χ3v) is 4.60. The molecule has 0 saturated carbocycles. The fraction of sp³-hybridized carbons (Fsp3) is 0.353. The minimum absolute atomic E-state index is 0.0633. The van der Waals surface area contributed by atoms with Gasteiger partial charge in [-0.25, -0.2) is 4.79 Å². The molecule has 124 valence electrons. The molecule has 0 aliphatic rings. The van der Waals surface area contributed by atoms with Gasteiger partial charge < -0.3 is 15.2 Å². The van der Waals surface area contributed by atoms with E-state index in [-0.39, 0.29) is 12.1 Å². The Morgan fingerprint density at radius 3 is 2.74 bits per heavy atom. The van der Waals surface area contributed by atoms with Gasteiger partial charge in [0.1, 0.15) is 0 Å². The van der Waals surface area contributed by atoms with Crippen LogP contribution in [0.15, 0.2) is 47.5 Å². The largest absolute Gasteiger partial charge is 0.354 e. The lowest BCUT2D eigenvalue weighted by Gasteiger charge is -2.15. The number of anilines is 1. The van der Waals surface area contributed by atoms with Gasteiger partial charge in [-0.15, -0.1) is 0 Å². The van der Waals surface area contributed by atoms with Crippen LogP contribution >= 0.6 is 0 Å². The van der Waals surface area contributed by atoms with Crippen LogP contribution in [0, 0.1) is 0 Å². The Balaban J connectivity index is 1.83. The van der Waals surface area contributed by atoms with E-state index in [0.29, 0.717) is 10.6 Å². The first-order chi connectivity index (χ1) is 11.0. The number of hydrogen-bond acceptors (Lipinski definition) is 2. The molecule has 1 aromatic carbocycles. The molecule has 5 nitrogen and oxygen atoms in total. The molecule has 1 heterocycles. The van der Waals surface area contributed by atoms with Gasteiger partial charge in [-0.1, -0.05) is 6.07 Å². The Labute approximate surface area is 139 Å². The maximum atomic E-state index is 12.0. The summed E-state index contributed by atoms with van der Waals surface area (Å²) in [6.07, 6.45) is 5.41. The van der Waals surface area contributed by atoms with Gasteiger partial charge in [0.2, 0.25) is 0 Å². The third-order valence-electron chi connectivity index (χ3n) is 3.69. The minimum Gasteiger partial charge on any atom is -0.354 e. The van der Waals surface area contributed by atoms with Crippen molar-refractivity contribution in [2.24, 2.45) is 7.05 Å². The summed E-state index contributed by atoms with van der Waals surface area (Å²) in [5.74, 6) is 0. The molecule has 0 spiro atoms. The zero-order chi connectivity index (χ0) is 16.8. The van der Waals surface area contributed by atoms with E-state index in [1.807, 2.05) is 26.2 Å². The number of urea groups is 1. The summed E-state index contributed by atoms with van der Waals surface area (Å²) in [6.45, 7) is 1.99. The number of carbonyl (C=O) groups excluding carboxylic acids is 1. The number of amides is 2. The summed E-state index contributed by atoms with van der Waals surface area (Å²) in [4.78, 5) is 12.7. The van der Waals surface area contributed by atoms with Crippen molar-refractivity contribution in [3.05, 3.63) is 48.3 Å². The molecule has 2 rings (SSSR count). The second kappa shape index (κ2) is 7.97. The van der Waals surface area contributed by atoms with Gasteiger partial charge in [-0.3, -0.25) is 4.21 Å². The molecule has 2 atom stereocenters. The van der Waals surface area contributed by atoms with Gasteiger partial charge in [0.05, 0.1) is 0 Å². The molecule has 2 amide bonds.